The van der Waals surface area contributed by atoms with Crippen LogP contribution in [0, 0.1) is 5.92 Å². The second kappa shape index (κ2) is 7.56. The van der Waals surface area contributed by atoms with Crippen LogP contribution in [0.3, 0.4) is 0 Å². The largest absolute Gasteiger partial charge is 0.346 e. The first-order chi connectivity index (χ1) is 11.8. The lowest BCUT2D eigenvalue weighted by atomic mass is 10.0. The van der Waals surface area contributed by atoms with Gasteiger partial charge in [-0.2, -0.15) is 0 Å². The third kappa shape index (κ3) is 3.69. The molecule has 4 rings (SSSR count). The van der Waals surface area contributed by atoms with Crippen LogP contribution in [0.25, 0.3) is 0 Å². The van der Waals surface area contributed by atoms with Gasteiger partial charge < -0.3 is 14.7 Å². The molecule has 134 valence electrons. The molecule has 6 heteroatoms. The molecule has 4 heterocycles. The van der Waals surface area contributed by atoms with Gasteiger partial charge in [-0.1, -0.05) is 24.7 Å². The van der Waals surface area contributed by atoms with Gasteiger partial charge in [-0.15, -0.1) is 10.2 Å². The fraction of sp³-hybridized carbons (Fsp3) is 0.889. The molecule has 0 bridgehead atoms. The molecule has 1 atom stereocenters. The number of anilines is 2. The van der Waals surface area contributed by atoms with Crippen LogP contribution in [-0.2, 0) is 0 Å². The summed E-state index contributed by atoms with van der Waals surface area (Å²) in [6, 6.07) is 0.803. The van der Waals surface area contributed by atoms with Gasteiger partial charge in [0.2, 0.25) is 10.3 Å². The van der Waals surface area contributed by atoms with Crippen LogP contribution >= 0.6 is 11.3 Å². The zero-order chi connectivity index (χ0) is 16.4. The molecule has 3 aliphatic heterocycles. The topological polar surface area (TPSA) is 35.5 Å². The third-order valence-electron chi connectivity index (χ3n) is 5.97. The zero-order valence-corrected chi connectivity index (χ0v) is 15.8. The lowest BCUT2D eigenvalue weighted by Gasteiger charge is -2.40. The molecule has 0 radical (unpaired) electrons. The van der Waals surface area contributed by atoms with Gasteiger partial charge in [0.1, 0.15) is 0 Å². The molecule has 24 heavy (non-hydrogen) atoms. The summed E-state index contributed by atoms with van der Waals surface area (Å²) < 4.78 is 0. The van der Waals surface area contributed by atoms with E-state index < -0.39 is 0 Å². The predicted molar refractivity (Wildman–Crippen MR) is 101 cm³/mol. The number of aromatic nitrogens is 2. The molecule has 1 unspecified atom stereocenters. The molecular weight excluding hydrogens is 318 g/mol. The highest BCUT2D eigenvalue weighted by Gasteiger charge is 2.28. The van der Waals surface area contributed by atoms with Gasteiger partial charge in [0.15, 0.2) is 0 Å². The number of rotatable bonds is 3. The van der Waals surface area contributed by atoms with Crippen molar-refractivity contribution in [2.75, 3.05) is 49.1 Å². The highest BCUT2D eigenvalue weighted by molar-refractivity contribution is 7.19. The number of likely N-dealkylation sites (tertiary alicyclic amines) is 1. The smallest absolute Gasteiger partial charge is 0.210 e. The van der Waals surface area contributed by atoms with E-state index in [0.717, 1.165) is 48.4 Å². The van der Waals surface area contributed by atoms with Crippen molar-refractivity contribution in [3.8, 4) is 0 Å². The van der Waals surface area contributed by atoms with Gasteiger partial charge in [0.25, 0.3) is 0 Å². The highest BCUT2D eigenvalue weighted by atomic mass is 32.1. The number of hydrogen-bond acceptors (Lipinski definition) is 6. The zero-order valence-electron chi connectivity index (χ0n) is 15.0. The first kappa shape index (κ1) is 16.6. The van der Waals surface area contributed by atoms with E-state index >= 15 is 0 Å². The van der Waals surface area contributed by atoms with Crippen molar-refractivity contribution in [2.24, 2.45) is 5.92 Å². The van der Waals surface area contributed by atoms with E-state index in [2.05, 4.69) is 31.8 Å². The summed E-state index contributed by atoms with van der Waals surface area (Å²) >= 11 is 1.80. The minimum atomic E-state index is 0.784. The Bertz CT molecular complexity index is 519. The minimum Gasteiger partial charge on any atom is -0.346 e. The van der Waals surface area contributed by atoms with E-state index in [1.54, 1.807) is 11.3 Å². The molecule has 0 amide bonds. The molecule has 3 aliphatic rings. The van der Waals surface area contributed by atoms with Crippen molar-refractivity contribution in [3.05, 3.63) is 0 Å². The van der Waals surface area contributed by atoms with Gasteiger partial charge in [-0.05, 0) is 57.5 Å². The quantitative estimate of drug-likeness (QED) is 0.837. The Kier molecular flexibility index (Phi) is 5.22. The maximum atomic E-state index is 4.52. The second-order valence-electron chi connectivity index (χ2n) is 7.88. The molecule has 5 nitrogen and oxygen atoms in total. The lowest BCUT2D eigenvalue weighted by molar-refractivity contribution is 0.141. The summed E-state index contributed by atoms with van der Waals surface area (Å²) in [5.41, 5.74) is 0. The minimum absolute atomic E-state index is 0.784. The van der Waals surface area contributed by atoms with E-state index in [-0.39, 0.29) is 0 Å². The van der Waals surface area contributed by atoms with E-state index in [9.17, 15) is 0 Å². The van der Waals surface area contributed by atoms with Crippen LogP contribution in [0.5, 0.6) is 0 Å². The van der Waals surface area contributed by atoms with Gasteiger partial charge in [-0.3, -0.25) is 0 Å². The fourth-order valence-corrected chi connectivity index (χ4v) is 5.47. The lowest BCUT2D eigenvalue weighted by Crippen LogP contribution is -2.46. The van der Waals surface area contributed by atoms with E-state index in [0.29, 0.717) is 0 Å². The third-order valence-corrected chi connectivity index (χ3v) is 7.02. The first-order valence-electron chi connectivity index (χ1n) is 9.87. The number of hydrogen-bond donors (Lipinski definition) is 0. The molecule has 0 saturated carbocycles. The Morgan fingerprint density at radius 3 is 2.21 bits per heavy atom. The SMILES string of the molecule is CC1CCCN(c2nnc(N3CCC(N4CCCCC4)CC3)s2)C1. The molecule has 1 aromatic heterocycles. The average molecular weight is 350 g/mol. The van der Waals surface area contributed by atoms with Crippen molar-refractivity contribution in [1.29, 1.82) is 0 Å². The van der Waals surface area contributed by atoms with Crippen molar-refractivity contribution < 1.29 is 0 Å². The molecule has 1 aromatic rings. The summed E-state index contributed by atoms with van der Waals surface area (Å²) in [6.07, 6.45) is 9.44. The van der Waals surface area contributed by atoms with Crippen molar-refractivity contribution in [1.82, 2.24) is 15.1 Å². The summed E-state index contributed by atoms with van der Waals surface area (Å²) in [4.78, 5) is 7.65. The monoisotopic (exact) mass is 349 g/mol. The summed E-state index contributed by atoms with van der Waals surface area (Å²) in [5, 5.41) is 11.3. The van der Waals surface area contributed by atoms with Crippen LogP contribution in [0.4, 0.5) is 10.3 Å². The molecule has 3 saturated heterocycles. The number of piperidine rings is 3. The van der Waals surface area contributed by atoms with Gasteiger partial charge in [-0.25, -0.2) is 0 Å². The van der Waals surface area contributed by atoms with E-state index in [1.165, 1.54) is 58.0 Å². The Morgan fingerprint density at radius 1 is 0.792 bits per heavy atom. The van der Waals surface area contributed by atoms with Crippen molar-refractivity contribution in [2.45, 2.75) is 57.9 Å². The summed E-state index contributed by atoms with van der Waals surface area (Å²) in [5.74, 6) is 0.784. The Hall–Kier alpha value is -0.880. The molecule has 0 N–H and O–H groups in total. The maximum Gasteiger partial charge on any atom is 0.210 e. The predicted octanol–water partition coefficient (Wildman–Crippen LogP) is 3.23. The normalized spacial score (nSPS) is 27.6. The molecule has 0 aliphatic carbocycles. The fourth-order valence-electron chi connectivity index (χ4n) is 4.53. The Morgan fingerprint density at radius 2 is 1.50 bits per heavy atom. The summed E-state index contributed by atoms with van der Waals surface area (Å²) in [6.45, 7) is 9.57. The summed E-state index contributed by atoms with van der Waals surface area (Å²) in [7, 11) is 0. The van der Waals surface area contributed by atoms with E-state index in [1.807, 2.05) is 0 Å². The number of nitrogens with zero attached hydrogens (tertiary/aromatic N) is 5. The molecule has 3 fully saturated rings. The second-order valence-corrected chi connectivity index (χ2v) is 8.81. The van der Waals surface area contributed by atoms with Crippen LogP contribution < -0.4 is 9.80 Å². The van der Waals surface area contributed by atoms with Crippen LogP contribution in [0.1, 0.15) is 51.9 Å². The van der Waals surface area contributed by atoms with Gasteiger partial charge in [0.05, 0.1) is 0 Å². The van der Waals surface area contributed by atoms with Crippen LogP contribution in [0.2, 0.25) is 0 Å². The van der Waals surface area contributed by atoms with Gasteiger partial charge in [0, 0.05) is 32.2 Å². The maximum absolute atomic E-state index is 4.52. The average Bonchev–Trinajstić information content (AvgIpc) is 3.13. The Balaban J connectivity index is 1.32. The molecule has 0 aromatic carbocycles. The van der Waals surface area contributed by atoms with Crippen LogP contribution in [-0.4, -0.2) is 60.4 Å². The Labute approximate surface area is 150 Å². The molecular formula is C18H31N5S. The highest BCUT2D eigenvalue weighted by Crippen LogP contribution is 2.32. The van der Waals surface area contributed by atoms with Crippen LogP contribution in [0.15, 0.2) is 0 Å². The van der Waals surface area contributed by atoms with Crippen molar-refractivity contribution in [3.63, 3.8) is 0 Å². The van der Waals surface area contributed by atoms with E-state index in [4.69, 9.17) is 0 Å². The van der Waals surface area contributed by atoms with Crippen molar-refractivity contribution >= 4 is 21.6 Å². The first-order valence-corrected chi connectivity index (χ1v) is 10.7. The van der Waals surface area contributed by atoms with Gasteiger partial charge >= 0.3 is 0 Å². The molecule has 0 spiro atoms. The standard InChI is InChI=1S/C18H31N5S/c1-15-6-5-11-23(14-15)18-20-19-17(24-18)22-12-7-16(8-13-22)21-9-3-2-4-10-21/h15-16H,2-14H2,1H3.